The zero-order chi connectivity index (χ0) is 9.68. The molecule has 0 atom stereocenters. The van der Waals surface area contributed by atoms with Crippen LogP contribution in [0.5, 0.6) is 0 Å². The van der Waals surface area contributed by atoms with Crippen molar-refractivity contribution in [2.24, 2.45) is 0 Å². The molecule has 0 aliphatic heterocycles. The van der Waals surface area contributed by atoms with Crippen LogP contribution in [0.15, 0.2) is 12.4 Å². The minimum atomic E-state index is -0.430. The number of carbonyl (C=O) groups is 1. The first-order chi connectivity index (χ1) is 6.22. The van der Waals surface area contributed by atoms with Crippen LogP contribution >= 0.6 is 0 Å². The Hall–Kier alpha value is -1.96. The Morgan fingerprint density at radius 3 is 3.15 bits per heavy atom. The van der Waals surface area contributed by atoms with Gasteiger partial charge in [0.05, 0.1) is 11.9 Å². The van der Waals surface area contributed by atoms with E-state index in [-0.39, 0.29) is 13.2 Å². The monoisotopic (exact) mass is 179 g/mol. The summed E-state index contributed by atoms with van der Waals surface area (Å²) in [6, 6.07) is 0. The molecule has 1 rings (SSSR count). The molecule has 68 valence electrons. The van der Waals surface area contributed by atoms with Crippen LogP contribution in [0.25, 0.3) is 0 Å². The predicted octanol–water partition coefficient (Wildman–Crippen LogP) is -0.358. The highest BCUT2D eigenvalue weighted by atomic mass is 16.5. The molecule has 0 fully saturated rings. The van der Waals surface area contributed by atoms with Crippen molar-refractivity contribution in [2.45, 2.75) is 6.54 Å². The minimum absolute atomic E-state index is 0.0183. The number of nitrogens with zero attached hydrogens (tertiary/aromatic N) is 2. The minimum Gasteiger partial charge on any atom is -0.451 e. The van der Waals surface area contributed by atoms with Crippen LogP contribution in [0, 0.1) is 12.3 Å². The molecule has 0 aliphatic rings. The molecule has 5 nitrogen and oxygen atoms in total. The smallest absolute Gasteiger partial charge is 0.328 e. The highest BCUT2D eigenvalue weighted by Crippen LogP contribution is 1.97. The fraction of sp³-hybridized carbons (Fsp3) is 0.250. The highest BCUT2D eigenvalue weighted by molar-refractivity contribution is 5.69. The topological polar surface area (TPSA) is 70.1 Å². The Kier molecular flexibility index (Phi) is 2.92. The van der Waals surface area contributed by atoms with Crippen molar-refractivity contribution in [1.29, 1.82) is 0 Å². The van der Waals surface area contributed by atoms with E-state index in [1.165, 1.54) is 17.1 Å². The van der Waals surface area contributed by atoms with Crippen molar-refractivity contribution in [3.63, 3.8) is 0 Å². The second kappa shape index (κ2) is 4.16. The first kappa shape index (κ1) is 9.13. The number of nitrogens with two attached hydrogens (primary N) is 1. The van der Waals surface area contributed by atoms with Gasteiger partial charge in [-0.1, -0.05) is 5.92 Å². The van der Waals surface area contributed by atoms with Gasteiger partial charge in [-0.3, -0.25) is 9.48 Å². The van der Waals surface area contributed by atoms with Crippen LogP contribution in [0.1, 0.15) is 0 Å². The first-order valence-corrected chi connectivity index (χ1v) is 3.59. The van der Waals surface area contributed by atoms with E-state index in [1.807, 2.05) is 0 Å². The molecule has 0 bridgehead atoms. The number of aromatic nitrogens is 2. The molecule has 0 radical (unpaired) electrons. The van der Waals surface area contributed by atoms with E-state index in [4.69, 9.17) is 12.2 Å². The number of hydrogen-bond donors (Lipinski definition) is 1. The molecular weight excluding hydrogens is 170 g/mol. The van der Waals surface area contributed by atoms with Crippen molar-refractivity contribution < 1.29 is 9.53 Å². The highest BCUT2D eigenvalue weighted by Gasteiger charge is 2.03. The van der Waals surface area contributed by atoms with Gasteiger partial charge >= 0.3 is 5.97 Å². The summed E-state index contributed by atoms with van der Waals surface area (Å²) in [5.41, 5.74) is 5.89. The Morgan fingerprint density at radius 2 is 2.62 bits per heavy atom. The van der Waals surface area contributed by atoms with Crippen LogP contribution < -0.4 is 5.73 Å². The van der Waals surface area contributed by atoms with E-state index in [2.05, 4.69) is 15.8 Å². The van der Waals surface area contributed by atoms with Gasteiger partial charge in [-0.05, 0) is 0 Å². The van der Waals surface area contributed by atoms with Gasteiger partial charge in [0.2, 0.25) is 0 Å². The van der Waals surface area contributed by atoms with Crippen molar-refractivity contribution in [2.75, 3.05) is 12.3 Å². The van der Waals surface area contributed by atoms with Crippen molar-refractivity contribution in [3.8, 4) is 12.3 Å². The van der Waals surface area contributed by atoms with E-state index < -0.39 is 5.97 Å². The van der Waals surface area contributed by atoms with Gasteiger partial charge in [0, 0.05) is 6.20 Å². The summed E-state index contributed by atoms with van der Waals surface area (Å²) in [6.45, 7) is 0.00840. The number of carbonyl (C=O) groups excluding carboxylic acids is 1. The standard InChI is InChI=1S/C8H9N3O2/c1-2-3-13-8(12)6-11-5-7(9)4-10-11/h1,4-5H,3,6,9H2. The first-order valence-electron chi connectivity index (χ1n) is 3.59. The number of nitrogen functional groups attached to an aromatic ring is 1. The van der Waals surface area contributed by atoms with Crippen LogP contribution in [0.2, 0.25) is 0 Å². The van der Waals surface area contributed by atoms with E-state index in [0.717, 1.165) is 0 Å². The third-order valence-electron chi connectivity index (χ3n) is 1.26. The third kappa shape index (κ3) is 2.87. The Labute approximate surface area is 75.5 Å². The van der Waals surface area contributed by atoms with E-state index in [0.29, 0.717) is 5.69 Å². The Morgan fingerprint density at radius 1 is 1.85 bits per heavy atom. The van der Waals surface area contributed by atoms with Gasteiger partial charge in [-0.25, -0.2) is 0 Å². The fourth-order valence-electron chi connectivity index (χ4n) is 0.766. The molecule has 0 unspecified atom stereocenters. The molecule has 0 amide bonds. The lowest BCUT2D eigenvalue weighted by Gasteiger charge is -1.99. The molecule has 0 saturated carbocycles. The third-order valence-corrected chi connectivity index (χ3v) is 1.26. The number of anilines is 1. The fourth-order valence-corrected chi connectivity index (χ4v) is 0.766. The normalized spacial score (nSPS) is 9.15. The lowest BCUT2D eigenvalue weighted by Crippen LogP contribution is -2.13. The average molecular weight is 179 g/mol. The van der Waals surface area contributed by atoms with Crippen LogP contribution in [-0.4, -0.2) is 22.4 Å². The lowest BCUT2D eigenvalue weighted by atomic mass is 10.6. The number of ether oxygens (including phenoxy) is 1. The Bertz CT molecular complexity index is 337. The number of terminal acetylenes is 1. The molecule has 0 spiro atoms. The van der Waals surface area contributed by atoms with E-state index in [1.54, 1.807) is 0 Å². The van der Waals surface area contributed by atoms with Gasteiger partial charge in [0.15, 0.2) is 6.61 Å². The number of hydrogen-bond acceptors (Lipinski definition) is 4. The van der Waals surface area contributed by atoms with Gasteiger partial charge in [0.25, 0.3) is 0 Å². The SMILES string of the molecule is C#CCOC(=O)Cn1cc(N)cn1. The van der Waals surface area contributed by atoms with Gasteiger partial charge in [-0.15, -0.1) is 6.42 Å². The largest absolute Gasteiger partial charge is 0.451 e. The summed E-state index contributed by atoms with van der Waals surface area (Å²) in [5.74, 6) is 1.76. The molecule has 0 aliphatic carbocycles. The lowest BCUT2D eigenvalue weighted by molar-refractivity contribution is -0.143. The second-order valence-electron chi connectivity index (χ2n) is 2.34. The zero-order valence-electron chi connectivity index (χ0n) is 6.93. The second-order valence-corrected chi connectivity index (χ2v) is 2.34. The maximum atomic E-state index is 11.0. The van der Waals surface area contributed by atoms with Gasteiger partial charge in [-0.2, -0.15) is 5.10 Å². The number of rotatable bonds is 3. The molecule has 0 aromatic carbocycles. The molecule has 1 heterocycles. The Balaban J connectivity index is 2.41. The molecular formula is C8H9N3O2. The maximum absolute atomic E-state index is 11.0. The molecule has 13 heavy (non-hydrogen) atoms. The average Bonchev–Trinajstić information content (AvgIpc) is 2.48. The molecule has 1 aromatic rings. The summed E-state index contributed by atoms with van der Waals surface area (Å²) in [7, 11) is 0. The summed E-state index contributed by atoms with van der Waals surface area (Å²) < 4.78 is 6.01. The van der Waals surface area contributed by atoms with Crippen LogP contribution in [0.3, 0.4) is 0 Å². The van der Waals surface area contributed by atoms with Gasteiger partial charge in [0.1, 0.15) is 6.54 Å². The quantitative estimate of drug-likeness (QED) is 0.508. The number of esters is 1. The molecule has 5 heteroatoms. The summed E-state index contributed by atoms with van der Waals surface area (Å²) >= 11 is 0. The van der Waals surface area contributed by atoms with Crippen LogP contribution in [-0.2, 0) is 16.1 Å². The van der Waals surface area contributed by atoms with Crippen LogP contribution in [0.4, 0.5) is 5.69 Å². The summed E-state index contributed by atoms with van der Waals surface area (Å²) in [6.07, 6.45) is 7.90. The zero-order valence-corrected chi connectivity index (χ0v) is 6.93. The van der Waals surface area contributed by atoms with Crippen molar-refractivity contribution in [1.82, 2.24) is 9.78 Å². The van der Waals surface area contributed by atoms with Gasteiger partial charge < -0.3 is 10.5 Å². The molecule has 2 N–H and O–H groups in total. The van der Waals surface area contributed by atoms with E-state index in [9.17, 15) is 4.79 Å². The molecule has 0 saturated heterocycles. The van der Waals surface area contributed by atoms with Crippen molar-refractivity contribution >= 4 is 11.7 Å². The molecule has 1 aromatic heterocycles. The predicted molar refractivity (Wildman–Crippen MR) is 46.4 cm³/mol. The summed E-state index contributed by atoms with van der Waals surface area (Å²) in [4.78, 5) is 11.0. The van der Waals surface area contributed by atoms with Crippen molar-refractivity contribution in [3.05, 3.63) is 12.4 Å². The van der Waals surface area contributed by atoms with E-state index >= 15 is 0 Å². The maximum Gasteiger partial charge on any atom is 0.328 e. The summed E-state index contributed by atoms with van der Waals surface area (Å²) in [5, 5.41) is 3.80.